The number of alkyl halides is 1. The van der Waals surface area contributed by atoms with Crippen molar-refractivity contribution < 1.29 is 4.39 Å². The molecule has 2 heterocycles. The minimum Gasteiger partial charge on any atom is -0.316 e. The van der Waals surface area contributed by atoms with E-state index in [-0.39, 0.29) is 5.92 Å². The lowest BCUT2D eigenvalue weighted by Gasteiger charge is -2.26. The molecule has 0 saturated carbocycles. The molecule has 1 aliphatic rings. The molecule has 2 rings (SSSR count). The molecule has 1 aromatic rings. The van der Waals surface area contributed by atoms with Gasteiger partial charge in [0.2, 0.25) is 0 Å². The highest BCUT2D eigenvalue weighted by Gasteiger charge is 2.26. The minimum atomic E-state index is -0.873. The Morgan fingerprint density at radius 1 is 1.69 bits per heavy atom. The van der Waals surface area contributed by atoms with Gasteiger partial charge in [-0.3, -0.25) is 4.68 Å². The zero-order valence-electron chi connectivity index (χ0n) is 9.82. The fraction of sp³-hybridized carbons (Fsp3) is 0.750. The number of piperidine rings is 1. The summed E-state index contributed by atoms with van der Waals surface area (Å²) in [4.78, 5) is 0. The Morgan fingerprint density at radius 2 is 2.56 bits per heavy atom. The van der Waals surface area contributed by atoms with Crippen molar-refractivity contribution in [2.75, 3.05) is 13.1 Å². The van der Waals surface area contributed by atoms with Gasteiger partial charge in [0.1, 0.15) is 6.17 Å². The zero-order valence-corrected chi connectivity index (χ0v) is 9.82. The highest BCUT2D eigenvalue weighted by Crippen LogP contribution is 2.30. The maximum absolute atomic E-state index is 14.3. The molecule has 2 atom stereocenters. The van der Waals surface area contributed by atoms with Crippen molar-refractivity contribution in [1.82, 2.24) is 15.1 Å². The van der Waals surface area contributed by atoms with E-state index in [1.54, 1.807) is 10.9 Å². The van der Waals surface area contributed by atoms with E-state index in [0.717, 1.165) is 44.6 Å². The Hall–Kier alpha value is -0.900. The van der Waals surface area contributed by atoms with E-state index in [1.165, 1.54) is 0 Å². The van der Waals surface area contributed by atoms with Crippen LogP contribution in [0.3, 0.4) is 0 Å². The van der Waals surface area contributed by atoms with Crippen molar-refractivity contribution in [3.63, 3.8) is 0 Å². The first-order valence-electron chi connectivity index (χ1n) is 6.19. The van der Waals surface area contributed by atoms with Crippen LogP contribution in [0.15, 0.2) is 12.3 Å². The first-order valence-corrected chi connectivity index (χ1v) is 6.19. The number of hydrogen-bond donors (Lipinski definition) is 1. The van der Waals surface area contributed by atoms with Crippen LogP contribution in [0.4, 0.5) is 4.39 Å². The van der Waals surface area contributed by atoms with Gasteiger partial charge in [0.05, 0.1) is 5.69 Å². The zero-order chi connectivity index (χ0) is 11.4. The quantitative estimate of drug-likeness (QED) is 0.852. The number of hydrogen-bond acceptors (Lipinski definition) is 2. The second-order valence-electron chi connectivity index (χ2n) is 4.49. The van der Waals surface area contributed by atoms with E-state index in [4.69, 9.17) is 0 Å². The standard InChI is InChI=1S/C12H20FN3/c1-2-8-16-11(5-7-15-16)12(13)10-4-3-6-14-9-10/h5,7,10,12,14H,2-4,6,8-9H2,1H3. The topological polar surface area (TPSA) is 29.9 Å². The lowest BCUT2D eigenvalue weighted by molar-refractivity contribution is 0.183. The second kappa shape index (κ2) is 5.43. The molecule has 0 bridgehead atoms. The first kappa shape index (κ1) is 11.6. The highest BCUT2D eigenvalue weighted by atomic mass is 19.1. The van der Waals surface area contributed by atoms with Crippen molar-refractivity contribution >= 4 is 0 Å². The lowest BCUT2D eigenvalue weighted by Crippen LogP contribution is -2.32. The van der Waals surface area contributed by atoms with Gasteiger partial charge >= 0.3 is 0 Å². The van der Waals surface area contributed by atoms with Crippen molar-refractivity contribution in [1.29, 1.82) is 0 Å². The van der Waals surface area contributed by atoms with Crippen LogP contribution in [0.5, 0.6) is 0 Å². The molecule has 1 saturated heterocycles. The Morgan fingerprint density at radius 3 is 3.25 bits per heavy atom. The summed E-state index contributed by atoms with van der Waals surface area (Å²) in [6.45, 7) is 4.71. The third-order valence-electron chi connectivity index (χ3n) is 3.22. The summed E-state index contributed by atoms with van der Waals surface area (Å²) in [7, 11) is 0. The number of halogens is 1. The van der Waals surface area contributed by atoms with Crippen LogP contribution in [-0.2, 0) is 6.54 Å². The summed E-state index contributed by atoms with van der Waals surface area (Å²) in [5.41, 5.74) is 0.746. The van der Waals surface area contributed by atoms with Gasteiger partial charge in [-0.05, 0) is 31.9 Å². The van der Waals surface area contributed by atoms with Gasteiger partial charge in [-0.15, -0.1) is 0 Å². The molecule has 0 aliphatic carbocycles. The van der Waals surface area contributed by atoms with Gasteiger partial charge in [0.15, 0.2) is 0 Å². The molecule has 0 aromatic carbocycles. The molecule has 1 aliphatic heterocycles. The third-order valence-corrected chi connectivity index (χ3v) is 3.22. The normalized spacial score (nSPS) is 23.2. The van der Waals surface area contributed by atoms with E-state index < -0.39 is 6.17 Å². The predicted octanol–water partition coefficient (Wildman–Crippen LogP) is 2.30. The number of rotatable bonds is 4. The van der Waals surface area contributed by atoms with Gasteiger partial charge in [-0.2, -0.15) is 5.10 Å². The molecular weight excluding hydrogens is 205 g/mol. The summed E-state index contributed by atoms with van der Waals surface area (Å²) < 4.78 is 16.1. The first-order chi connectivity index (χ1) is 7.83. The van der Waals surface area contributed by atoms with E-state index in [0.29, 0.717) is 0 Å². The Balaban J connectivity index is 2.06. The number of aromatic nitrogens is 2. The number of nitrogens with zero attached hydrogens (tertiary/aromatic N) is 2. The molecule has 1 fully saturated rings. The molecule has 0 radical (unpaired) electrons. The van der Waals surface area contributed by atoms with E-state index >= 15 is 0 Å². The van der Waals surface area contributed by atoms with Crippen LogP contribution in [0.25, 0.3) is 0 Å². The summed E-state index contributed by atoms with van der Waals surface area (Å²) in [6, 6.07) is 1.81. The molecule has 0 amide bonds. The monoisotopic (exact) mass is 225 g/mol. The Kier molecular flexibility index (Phi) is 3.93. The molecule has 1 aromatic heterocycles. The van der Waals surface area contributed by atoms with E-state index in [9.17, 15) is 4.39 Å². The number of aryl methyl sites for hydroxylation is 1. The summed E-state index contributed by atoms with van der Waals surface area (Å²) >= 11 is 0. The Bertz CT molecular complexity index is 318. The molecule has 3 nitrogen and oxygen atoms in total. The van der Waals surface area contributed by atoms with Crippen LogP contribution < -0.4 is 5.32 Å². The number of nitrogens with one attached hydrogen (secondary N) is 1. The summed E-state index contributed by atoms with van der Waals surface area (Å²) in [5, 5.41) is 7.44. The average Bonchev–Trinajstić information content (AvgIpc) is 2.78. The van der Waals surface area contributed by atoms with Crippen LogP contribution in [0.1, 0.15) is 38.1 Å². The maximum atomic E-state index is 14.3. The molecule has 4 heteroatoms. The van der Waals surface area contributed by atoms with Crippen molar-refractivity contribution in [3.8, 4) is 0 Å². The van der Waals surface area contributed by atoms with E-state index in [2.05, 4.69) is 17.3 Å². The molecule has 16 heavy (non-hydrogen) atoms. The maximum Gasteiger partial charge on any atom is 0.146 e. The molecular formula is C12H20FN3. The van der Waals surface area contributed by atoms with Crippen LogP contribution >= 0.6 is 0 Å². The fourth-order valence-corrected chi connectivity index (χ4v) is 2.35. The van der Waals surface area contributed by atoms with Gasteiger partial charge in [0, 0.05) is 25.2 Å². The molecule has 0 spiro atoms. The lowest BCUT2D eigenvalue weighted by atomic mass is 9.93. The second-order valence-corrected chi connectivity index (χ2v) is 4.49. The van der Waals surface area contributed by atoms with Gasteiger partial charge in [-0.25, -0.2) is 4.39 Å². The highest BCUT2D eigenvalue weighted by molar-refractivity contribution is 5.06. The van der Waals surface area contributed by atoms with Crippen LogP contribution in [-0.4, -0.2) is 22.9 Å². The van der Waals surface area contributed by atoms with Crippen LogP contribution in [0.2, 0.25) is 0 Å². The molecule has 2 unspecified atom stereocenters. The average molecular weight is 225 g/mol. The minimum absolute atomic E-state index is 0.112. The third kappa shape index (κ3) is 2.43. The molecule has 90 valence electrons. The van der Waals surface area contributed by atoms with Crippen LogP contribution in [0, 0.1) is 5.92 Å². The fourth-order valence-electron chi connectivity index (χ4n) is 2.35. The summed E-state index contributed by atoms with van der Waals surface area (Å²) in [6.07, 6.45) is 3.87. The Labute approximate surface area is 96.0 Å². The molecule has 1 N–H and O–H groups in total. The van der Waals surface area contributed by atoms with Gasteiger partial charge in [-0.1, -0.05) is 6.92 Å². The van der Waals surface area contributed by atoms with Gasteiger partial charge in [0.25, 0.3) is 0 Å². The van der Waals surface area contributed by atoms with Crippen molar-refractivity contribution in [2.45, 2.75) is 38.9 Å². The van der Waals surface area contributed by atoms with Crippen molar-refractivity contribution in [2.24, 2.45) is 5.92 Å². The largest absolute Gasteiger partial charge is 0.316 e. The van der Waals surface area contributed by atoms with E-state index in [1.807, 2.05) is 6.07 Å². The summed E-state index contributed by atoms with van der Waals surface area (Å²) in [5.74, 6) is 0.112. The SMILES string of the molecule is CCCn1nccc1C(F)C1CCCNC1. The van der Waals surface area contributed by atoms with Crippen molar-refractivity contribution in [3.05, 3.63) is 18.0 Å². The predicted molar refractivity (Wildman–Crippen MR) is 62.0 cm³/mol. The smallest absolute Gasteiger partial charge is 0.146 e. The van der Waals surface area contributed by atoms with Gasteiger partial charge < -0.3 is 5.32 Å².